The van der Waals surface area contributed by atoms with E-state index in [9.17, 15) is 103 Å². The highest BCUT2D eigenvalue weighted by molar-refractivity contribution is 7.80. The third kappa shape index (κ3) is 36.6. The molecular formula is C69H102N12O22S. The van der Waals surface area contributed by atoms with Crippen molar-refractivity contribution in [1.82, 2.24) is 56.8 Å². The number of urea groups is 1. The first kappa shape index (κ1) is 87.0. The van der Waals surface area contributed by atoms with Crippen LogP contribution < -0.4 is 42.5 Å². The molecule has 0 saturated carbocycles. The summed E-state index contributed by atoms with van der Waals surface area (Å²) in [6.07, 6.45) is 7.10. The Morgan fingerprint density at radius 2 is 0.923 bits per heavy atom. The maximum Gasteiger partial charge on any atom is 0.326 e. The molecule has 16 N–H and O–H groups in total. The van der Waals surface area contributed by atoms with E-state index in [2.05, 4.69) is 37.2 Å². The lowest BCUT2D eigenvalue weighted by atomic mass is 9.89. The van der Waals surface area contributed by atoms with Gasteiger partial charge in [-0.2, -0.15) is 0 Å². The van der Waals surface area contributed by atoms with Crippen LogP contribution in [0.4, 0.5) is 10.5 Å². The molecule has 1 heterocycles. The van der Waals surface area contributed by atoms with Crippen LogP contribution >= 0.6 is 12.2 Å². The minimum Gasteiger partial charge on any atom is -0.481 e. The van der Waals surface area contributed by atoms with Gasteiger partial charge in [-0.05, 0) is 143 Å². The molecule has 104 heavy (non-hydrogen) atoms. The normalized spacial score (nSPS) is 15.8. The molecule has 0 spiro atoms. The first-order valence-electron chi connectivity index (χ1n) is 35.2. The number of unbranched alkanes of at least 4 members (excludes halogenated alkanes) is 6. The van der Waals surface area contributed by atoms with Gasteiger partial charge in [0.1, 0.15) is 24.2 Å². The number of aliphatic carboxylic acids is 8. The van der Waals surface area contributed by atoms with Gasteiger partial charge in [-0.3, -0.25) is 67.5 Å². The molecule has 6 amide bonds. The molecular weight excluding hydrogens is 1380 g/mol. The number of hydrogen-bond donors (Lipinski definition) is 16. The van der Waals surface area contributed by atoms with Gasteiger partial charge in [-0.1, -0.05) is 43.5 Å². The topological polar surface area (TPSA) is 510 Å². The molecule has 0 aromatic heterocycles. The quantitative estimate of drug-likeness (QED) is 0.0255. The number of carboxylic acids is 8. The van der Waals surface area contributed by atoms with Gasteiger partial charge in [-0.25, -0.2) is 19.2 Å². The first-order valence-corrected chi connectivity index (χ1v) is 35.6. The highest BCUT2D eigenvalue weighted by atomic mass is 32.1. The van der Waals surface area contributed by atoms with Gasteiger partial charge in [0.2, 0.25) is 23.6 Å². The Morgan fingerprint density at radius 3 is 1.50 bits per heavy atom. The second kappa shape index (κ2) is 47.7. The van der Waals surface area contributed by atoms with E-state index >= 15 is 0 Å². The number of Topliss-reactive ketones (excluding diaryl/α,β-unsaturated/α-hetero) is 1. The van der Waals surface area contributed by atoms with Crippen molar-refractivity contribution in [3.8, 4) is 0 Å². The van der Waals surface area contributed by atoms with Gasteiger partial charge < -0.3 is 83.4 Å². The van der Waals surface area contributed by atoms with Crippen LogP contribution in [-0.2, 0) is 76.8 Å². The van der Waals surface area contributed by atoms with Gasteiger partial charge in [0.25, 0.3) is 0 Å². The number of anilines is 1. The van der Waals surface area contributed by atoms with Crippen LogP contribution in [-0.4, -0.2) is 271 Å². The molecule has 4 rings (SSSR count). The van der Waals surface area contributed by atoms with Crippen LogP contribution in [0.15, 0.2) is 42.5 Å². The Balaban J connectivity index is 1.31. The van der Waals surface area contributed by atoms with Crippen molar-refractivity contribution < 1.29 is 108 Å². The molecule has 2 aromatic carbocycles. The summed E-state index contributed by atoms with van der Waals surface area (Å²) in [5.41, 5.74) is 4.31. The summed E-state index contributed by atoms with van der Waals surface area (Å²) >= 11 is 5.59. The van der Waals surface area contributed by atoms with Crippen LogP contribution in [0.25, 0.3) is 0 Å². The zero-order valence-electron chi connectivity index (χ0n) is 58.6. The number of rotatable bonds is 47. The van der Waals surface area contributed by atoms with E-state index in [1.165, 1.54) is 11.1 Å². The molecule has 0 radical (unpaired) electrons. The predicted molar refractivity (Wildman–Crippen MR) is 380 cm³/mol. The number of carbonyl (C=O) groups excluding carboxylic acids is 6. The summed E-state index contributed by atoms with van der Waals surface area (Å²) in [4.78, 5) is 179. The van der Waals surface area contributed by atoms with Crippen molar-refractivity contribution in [3.05, 3.63) is 64.7 Å². The molecule has 0 bridgehead atoms. The summed E-state index contributed by atoms with van der Waals surface area (Å²) in [6, 6.07) is 5.38. The number of nitrogens with zero attached hydrogens (tertiary/aromatic N) is 4. The maximum atomic E-state index is 13.9. The van der Waals surface area contributed by atoms with E-state index in [4.69, 9.17) is 17.3 Å². The number of hydrogen-bond acceptors (Lipinski definition) is 19. The second-order valence-corrected chi connectivity index (χ2v) is 26.4. The van der Waals surface area contributed by atoms with Gasteiger partial charge in [-0.15, -0.1) is 0 Å². The lowest BCUT2D eigenvalue weighted by Gasteiger charge is -2.37. The molecule has 2 aliphatic rings. The summed E-state index contributed by atoms with van der Waals surface area (Å²) in [5.74, 6) is -12.3. The van der Waals surface area contributed by atoms with Crippen molar-refractivity contribution in [2.75, 3.05) is 96.9 Å². The highest BCUT2D eigenvalue weighted by Gasteiger charge is 2.31. The minimum atomic E-state index is -1.60. The van der Waals surface area contributed by atoms with Gasteiger partial charge in [0.15, 0.2) is 10.9 Å². The molecule has 1 saturated heterocycles. The summed E-state index contributed by atoms with van der Waals surface area (Å²) < 4.78 is 0. The van der Waals surface area contributed by atoms with Crippen LogP contribution in [0.2, 0.25) is 0 Å². The van der Waals surface area contributed by atoms with Crippen LogP contribution in [0.5, 0.6) is 0 Å². The third-order valence-electron chi connectivity index (χ3n) is 17.6. The van der Waals surface area contributed by atoms with Crippen LogP contribution in [0.3, 0.4) is 0 Å². The summed E-state index contributed by atoms with van der Waals surface area (Å²) in [6.45, 7) is 0.112. The molecule has 1 aliphatic carbocycles. The Bertz CT molecular complexity index is 3240. The molecule has 1 fully saturated rings. The van der Waals surface area contributed by atoms with Crippen molar-refractivity contribution in [3.63, 3.8) is 0 Å². The monoisotopic (exact) mass is 1480 g/mol. The minimum absolute atomic E-state index is 0.00340. The Labute approximate surface area is 608 Å². The highest BCUT2D eigenvalue weighted by Crippen LogP contribution is 2.24. The third-order valence-corrected chi connectivity index (χ3v) is 17.9. The molecule has 5 atom stereocenters. The first-order chi connectivity index (χ1) is 49.5. The molecule has 1 unspecified atom stereocenters. The SMILES string of the molecule is O=C(O)CC[C@H](NC(=O)N[C@@H](CCC(=O)NCCCCCCCC(=O)N[C@@H](CCCCNC(=S)Nc1ccc(CC2CN(CC(=O)O)CCN(CC(=O)O)CCN(CC(=O)O)CCN2CC(=O)O)cc1)C(=O)N[C@@H](CCCCNC(=O)CCC(=O)c1ccc2c(c1)CCCC2)C(=O)O)C(=O)O)C(=O)O. The number of aryl methyl sites for hydroxylation is 2. The molecule has 2 aromatic rings. The second-order valence-electron chi connectivity index (χ2n) is 26.0. The number of amides is 6. The largest absolute Gasteiger partial charge is 0.481 e. The van der Waals surface area contributed by atoms with Crippen molar-refractivity contribution >= 4 is 106 Å². The van der Waals surface area contributed by atoms with Crippen LogP contribution in [0.1, 0.15) is 155 Å². The van der Waals surface area contributed by atoms with Crippen molar-refractivity contribution in [1.29, 1.82) is 0 Å². The molecule has 35 heteroatoms. The molecule has 576 valence electrons. The van der Waals surface area contributed by atoms with Gasteiger partial charge in [0, 0.05) is 115 Å². The summed E-state index contributed by atoms with van der Waals surface area (Å²) in [5, 5.41) is 98.3. The number of ketones is 1. The zero-order chi connectivity index (χ0) is 76.5. The van der Waals surface area contributed by atoms with E-state index in [1.807, 2.05) is 17.4 Å². The maximum absolute atomic E-state index is 13.9. The Kier molecular flexibility index (Phi) is 39.9. The molecule has 1 aliphatic heterocycles. The fourth-order valence-corrected chi connectivity index (χ4v) is 12.2. The predicted octanol–water partition coefficient (Wildman–Crippen LogP) is 1.80. The van der Waals surface area contributed by atoms with Crippen molar-refractivity contribution in [2.24, 2.45) is 0 Å². The Hall–Kier alpha value is -9.45. The number of nitrogens with one attached hydrogen (secondary N) is 8. The zero-order valence-corrected chi connectivity index (χ0v) is 59.4. The van der Waals surface area contributed by atoms with Crippen molar-refractivity contribution in [2.45, 2.75) is 178 Å². The smallest absolute Gasteiger partial charge is 0.326 e. The average molecular weight is 1480 g/mol. The van der Waals surface area contributed by atoms with E-state index in [0.29, 0.717) is 75.6 Å². The lowest BCUT2D eigenvalue weighted by Crippen LogP contribution is -2.53. The van der Waals surface area contributed by atoms with E-state index in [-0.39, 0.29) is 140 Å². The molecule has 34 nitrogen and oxygen atoms in total. The van der Waals surface area contributed by atoms with E-state index in [1.54, 1.807) is 49.9 Å². The number of carbonyl (C=O) groups is 14. The lowest BCUT2D eigenvalue weighted by molar-refractivity contribution is -0.142. The number of carboxylic acid groups (broad SMARTS) is 8. The fourth-order valence-electron chi connectivity index (χ4n) is 12.0. The summed E-state index contributed by atoms with van der Waals surface area (Å²) in [7, 11) is 0. The van der Waals surface area contributed by atoms with E-state index in [0.717, 1.165) is 31.2 Å². The fraction of sp³-hybridized carbons (Fsp3) is 0.609. The van der Waals surface area contributed by atoms with Gasteiger partial charge in [0.05, 0.1) is 26.2 Å². The van der Waals surface area contributed by atoms with Gasteiger partial charge >= 0.3 is 53.8 Å². The standard InChI is InChI=1S/C69H102N12O22S/c82-55(48-20-19-46-12-5-6-13-47(46)39-48)25-27-57(84)71-30-10-8-15-52(65(97)98)75-64(96)51(74-58(85)16-4-2-1-3-9-29-70-56(83)26-23-53(66(99)100)76-68(103)77-54(67(101)102)24-28-59(86)87)14-7-11-31-72-69(104)73-49-21-17-45(18-22-49)38-50-40-80(43-62(92)93)35-34-78(41-60(88)89)32-33-79(42-61(90)91)36-37-81(50)44-63(94)95/h17-22,39,50-54H,1-16,23-38,40-44H2,(H,70,83)(H,71,84)(H,74,85)(H,75,96)(H,86,87)(H,88,89)(H,90,91)(H,92,93)(H,94,95)(H,97,98)(H,99,100)(H,101,102)(H2,72,73,104)(H2,76,77,103)/t50?,51-,52-,53-,54-/m0/s1. The average Bonchev–Trinajstić information content (AvgIpc) is 0.835. The number of thiocarbonyl (C=S) groups is 1. The number of fused-ring (bicyclic) bond motifs is 1. The van der Waals surface area contributed by atoms with Crippen LogP contribution in [0, 0.1) is 0 Å². The van der Waals surface area contributed by atoms with E-state index < -0.39 is 128 Å². The Morgan fingerprint density at radius 1 is 0.433 bits per heavy atom. The number of benzene rings is 2.